The Balaban J connectivity index is 1.92. The van der Waals surface area contributed by atoms with Crippen LogP contribution in [0.25, 0.3) is 0 Å². The zero-order valence-corrected chi connectivity index (χ0v) is 21.2. The first-order valence-corrected chi connectivity index (χ1v) is 12.3. The Morgan fingerprint density at radius 3 is 2.38 bits per heavy atom. The highest BCUT2D eigenvalue weighted by Gasteiger charge is 2.21. The average Bonchev–Trinajstić information content (AvgIpc) is 2.84. The summed E-state index contributed by atoms with van der Waals surface area (Å²) in [5.41, 5.74) is 0.822. The fourth-order valence-electron chi connectivity index (χ4n) is 3.61. The maximum absolute atomic E-state index is 14.0. The van der Waals surface area contributed by atoms with E-state index in [0.717, 1.165) is 12.5 Å². The molecule has 0 heterocycles. The second-order valence-electron chi connectivity index (χ2n) is 8.76. The molecule has 2 aromatic rings. The largest absolute Gasteiger partial charge is 0.492 e. The fraction of sp³-hybridized carbons (Fsp3) is 0.481. The molecule has 37 heavy (non-hydrogen) atoms. The van der Waals surface area contributed by atoms with Gasteiger partial charge in [0.2, 0.25) is 5.92 Å². The summed E-state index contributed by atoms with van der Waals surface area (Å²) in [6, 6.07) is 12.2. The Bertz CT molecular complexity index is 983. The number of alkyl halides is 2. The number of para-hydroxylation sites is 1. The van der Waals surface area contributed by atoms with Gasteiger partial charge in [0, 0.05) is 26.0 Å². The molecular weight excluding hydrogens is 489 g/mol. The van der Waals surface area contributed by atoms with Gasteiger partial charge in [-0.1, -0.05) is 30.7 Å². The second-order valence-corrected chi connectivity index (χ2v) is 8.76. The summed E-state index contributed by atoms with van der Waals surface area (Å²) in [5.74, 6) is -3.78. The number of carboxylic acids is 1. The number of carbonyl (C=O) groups is 2. The molecule has 2 N–H and O–H groups in total. The summed E-state index contributed by atoms with van der Waals surface area (Å²) in [6.07, 6.45) is 0.444. The van der Waals surface area contributed by atoms with Crippen LogP contribution < -0.4 is 10.1 Å². The summed E-state index contributed by atoms with van der Waals surface area (Å²) in [6.45, 7) is 3.55. The van der Waals surface area contributed by atoms with Crippen LogP contribution in [0.1, 0.15) is 45.1 Å². The first-order chi connectivity index (χ1) is 17.6. The number of amides is 2. The van der Waals surface area contributed by atoms with Crippen LogP contribution >= 0.6 is 0 Å². The molecular formula is C27H35F3N2O5. The molecule has 0 radical (unpaired) electrons. The molecule has 0 bridgehead atoms. The highest BCUT2D eigenvalue weighted by atomic mass is 19.3. The van der Waals surface area contributed by atoms with Gasteiger partial charge in [0.25, 0.3) is 0 Å². The van der Waals surface area contributed by atoms with Crippen molar-refractivity contribution in [3.63, 3.8) is 0 Å². The smallest absolute Gasteiger partial charge is 0.333 e. The van der Waals surface area contributed by atoms with Crippen LogP contribution in [0.5, 0.6) is 5.75 Å². The number of unbranched alkanes of at least 4 members (excludes halogenated alkanes) is 2. The van der Waals surface area contributed by atoms with E-state index in [9.17, 15) is 27.9 Å². The summed E-state index contributed by atoms with van der Waals surface area (Å²) >= 11 is 0. The lowest BCUT2D eigenvalue weighted by Crippen LogP contribution is -2.38. The number of urea groups is 1. The first kappa shape index (κ1) is 30.0. The predicted molar refractivity (Wildman–Crippen MR) is 135 cm³/mol. The maximum atomic E-state index is 14.0. The summed E-state index contributed by atoms with van der Waals surface area (Å²) in [5, 5.41) is 11.8. The first-order valence-electron chi connectivity index (χ1n) is 12.3. The number of ether oxygens (including phenoxy) is 2. The van der Waals surface area contributed by atoms with E-state index in [1.54, 1.807) is 37.3 Å². The standard InChI is InChI=1S/C27H35F3N2O5/c1-3-36-24(25(33)34)19-20-11-13-21(14-12-20)37-18-17-32(16-8-4-7-15-27(2,29)30)26(35)31-23-10-6-5-9-22(23)28/h5-6,9-14,24H,3-4,7-8,15-19H2,1-2H3,(H,31,35)(H,33,34). The van der Waals surface area contributed by atoms with Gasteiger partial charge in [-0.25, -0.2) is 22.8 Å². The molecule has 0 aromatic heterocycles. The normalized spacial score (nSPS) is 12.1. The summed E-state index contributed by atoms with van der Waals surface area (Å²) in [4.78, 5) is 25.5. The van der Waals surface area contributed by atoms with Gasteiger partial charge in [0.1, 0.15) is 18.2 Å². The Hall–Kier alpha value is -3.27. The quantitative estimate of drug-likeness (QED) is 0.264. The zero-order valence-electron chi connectivity index (χ0n) is 21.2. The molecule has 0 saturated heterocycles. The zero-order chi connectivity index (χ0) is 27.3. The van der Waals surface area contributed by atoms with Gasteiger partial charge in [-0.2, -0.15) is 0 Å². The third-order valence-electron chi connectivity index (χ3n) is 5.56. The molecule has 0 spiro atoms. The third-order valence-corrected chi connectivity index (χ3v) is 5.56. The van der Waals surface area contributed by atoms with Crippen molar-refractivity contribution < 1.29 is 37.3 Å². The number of hydrogen-bond donors (Lipinski definition) is 2. The molecule has 2 rings (SSSR count). The van der Waals surface area contributed by atoms with E-state index in [4.69, 9.17) is 9.47 Å². The molecule has 10 heteroatoms. The fourth-order valence-corrected chi connectivity index (χ4v) is 3.61. The SMILES string of the molecule is CCOC(Cc1ccc(OCCN(CCCCCC(C)(F)F)C(=O)Nc2ccccc2F)cc1)C(=O)O. The number of nitrogens with one attached hydrogen (secondary N) is 1. The van der Waals surface area contributed by atoms with Crippen molar-refractivity contribution in [3.8, 4) is 5.75 Å². The van der Waals surface area contributed by atoms with Crippen molar-refractivity contribution in [3.05, 3.63) is 59.9 Å². The number of nitrogens with zero attached hydrogens (tertiary/aromatic N) is 1. The van der Waals surface area contributed by atoms with Crippen LogP contribution in [0.2, 0.25) is 0 Å². The minimum Gasteiger partial charge on any atom is -0.492 e. The van der Waals surface area contributed by atoms with Crippen molar-refractivity contribution in [1.29, 1.82) is 0 Å². The van der Waals surface area contributed by atoms with Gasteiger partial charge in [-0.15, -0.1) is 0 Å². The van der Waals surface area contributed by atoms with E-state index >= 15 is 0 Å². The van der Waals surface area contributed by atoms with Crippen LogP contribution in [-0.2, 0) is 16.0 Å². The Kier molecular flexibility index (Phi) is 12.2. The summed E-state index contributed by atoms with van der Waals surface area (Å²) < 4.78 is 51.0. The van der Waals surface area contributed by atoms with Gasteiger partial charge < -0.3 is 24.8 Å². The lowest BCUT2D eigenvalue weighted by atomic mass is 10.1. The average molecular weight is 525 g/mol. The number of hydrogen-bond acceptors (Lipinski definition) is 4. The third kappa shape index (κ3) is 11.6. The Labute approximate surface area is 215 Å². The van der Waals surface area contributed by atoms with Gasteiger partial charge in [0.15, 0.2) is 6.10 Å². The van der Waals surface area contributed by atoms with Crippen LogP contribution in [0, 0.1) is 5.82 Å². The number of benzene rings is 2. The van der Waals surface area contributed by atoms with Crippen LogP contribution in [-0.4, -0.2) is 60.3 Å². The number of halogens is 3. The van der Waals surface area contributed by atoms with E-state index in [1.807, 2.05) is 0 Å². The summed E-state index contributed by atoms with van der Waals surface area (Å²) in [7, 11) is 0. The van der Waals surface area contributed by atoms with Gasteiger partial charge in [-0.05, 0) is 56.5 Å². The minimum absolute atomic E-state index is 0.0475. The Morgan fingerprint density at radius 2 is 1.76 bits per heavy atom. The predicted octanol–water partition coefficient (Wildman–Crippen LogP) is 5.99. The molecule has 2 amide bonds. The molecule has 0 aliphatic rings. The van der Waals surface area contributed by atoms with Gasteiger partial charge in [-0.3, -0.25) is 0 Å². The van der Waals surface area contributed by atoms with Crippen molar-refractivity contribution in [1.82, 2.24) is 4.90 Å². The van der Waals surface area contributed by atoms with Crippen LogP contribution in [0.4, 0.5) is 23.7 Å². The van der Waals surface area contributed by atoms with Crippen LogP contribution in [0.3, 0.4) is 0 Å². The number of rotatable bonds is 16. The van der Waals surface area contributed by atoms with E-state index in [-0.39, 0.29) is 31.7 Å². The Morgan fingerprint density at radius 1 is 1.05 bits per heavy atom. The highest BCUT2D eigenvalue weighted by Crippen LogP contribution is 2.21. The van der Waals surface area contributed by atoms with Gasteiger partial charge >= 0.3 is 12.0 Å². The number of aliphatic carboxylic acids is 1. The molecule has 204 valence electrons. The monoisotopic (exact) mass is 524 g/mol. The number of anilines is 1. The molecule has 7 nitrogen and oxygen atoms in total. The maximum Gasteiger partial charge on any atom is 0.333 e. The van der Waals surface area contributed by atoms with Crippen molar-refractivity contribution in [2.75, 3.05) is 31.6 Å². The highest BCUT2D eigenvalue weighted by molar-refractivity contribution is 5.89. The number of carboxylic acid groups (broad SMARTS) is 1. The molecule has 1 atom stereocenters. The van der Waals surface area contributed by atoms with E-state index in [1.165, 1.54) is 23.1 Å². The van der Waals surface area contributed by atoms with Crippen LogP contribution in [0.15, 0.2) is 48.5 Å². The van der Waals surface area contributed by atoms with E-state index < -0.39 is 29.8 Å². The lowest BCUT2D eigenvalue weighted by Gasteiger charge is -2.23. The molecule has 0 aliphatic carbocycles. The van der Waals surface area contributed by atoms with Gasteiger partial charge in [0.05, 0.1) is 12.2 Å². The van der Waals surface area contributed by atoms with E-state index in [0.29, 0.717) is 38.2 Å². The topological polar surface area (TPSA) is 88.1 Å². The minimum atomic E-state index is -2.72. The number of carbonyl (C=O) groups excluding carboxylic acids is 1. The second kappa shape index (κ2) is 15.1. The molecule has 2 aromatic carbocycles. The van der Waals surface area contributed by atoms with Crippen molar-refractivity contribution >= 4 is 17.7 Å². The van der Waals surface area contributed by atoms with Crippen molar-refractivity contribution in [2.24, 2.45) is 0 Å². The molecule has 0 aliphatic heterocycles. The molecule has 1 unspecified atom stereocenters. The van der Waals surface area contributed by atoms with E-state index in [2.05, 4.69) is 5.32 Å². The lowest BCUT2D eigenvalue weighted by molar-refractivity contribution is -0.149. The molecule has 0 fully saturated rings. The van der Waals surface area contributed by atoms with Crippen molar-refractivity contribution in [2.45, 2.75) is 58.0 Å². The molecule has 0 saturated carbocycles.